The molecule has 0 heterocycles. The smallest absolute Gasteiger partial charge is 0.00398 e. The Kier molecular flexibility index (Phi) is 8.17. The average Bonchev–Trinajstić information content (AvgIpc) is 1.89. The van der Waals surface area contributed by atoms with E-state index in [1.165, 1.54) is 19.3 Å². The zero-order valence-corrected chi connectivity index (χ0v) is 6.91. The minimum absolute atomic E-state index is 0.899. The van der Waals surface area contributed by atoms with Crippen molar-refractivity contribution in [2.24, 2.45) is 0 Å². The molecule has 0 aliphatic heterocycles. The summed E-state index contributed by atoms with van der Waals surface area (Å²) in [6, 6.07) is 0. The van der Waals surface area contributed by atoms with Crippen LogP contribution in [0.1, 0.15) is 32.6 Å². The summed E-state index contributed by atoms with van der Waals surface area (Å²) in [6.07, 6.45) is 9.28. The molecule has 9 heavy (non-hydrogen) atoms. The summed E-state index contributed by atoms with van der Waals surface area (Å²) >= 11 is 4.80. The fourth-order valence-electron chi connectivity index (χ4n) is 0.604. The fraction of sp³-hybridized carbons (Fsp3) is 0.750. The molecule has 0 bridgehead atoms. The van der Waals surface area contributed by atoms with Gasteiger partial charge in [0.25, 0.3) is 0 Å². The molecule has 0 atom stereocenters. The maximum absolute atomic E-state index is 4.80. The summed E-state index contributed by atoms with van der Waals surface area (Å²) in [5.74, 6) is 0.899. The van der Waals surface area contributed by atoms with E-state index in [1.807, 2.05) is 0 Å². The minimum atomic E-state index is 0.899. The first-order valence-electron chi connectivity index (χ1n) is 3.65. The molecule has 0 aromatic rings. The standard InChI is InChI=1S/C8H15S/c1-2-3-4-5-6-7-8-9/h4-5H,2-3,6-8H2,1H3. The van der Waals surface area contributed by atoms with Gasteiger partial charge in [0.05, 0.1) is 0 Å². The summed E-state index contributed by atoms with van der Waals surface area (Å²) in [6.45, 7) is 2.19. The molecule has 0 aromatic carbocycles. The van der Waals surface area contributed by atoms with Crippen molar-refractivity contribution in [2.45, 2.75) is 32.6 Å². The number of hydrogen-bond acceptors (Lipinski definition) is 0. The van der Waals surface area contributed by atoms with Crippen LogP contribution in [0.25, 0.3) is 0 Å². The molecule has 1 heteroatoms. The highest BCUT2D eigenvalue weighted by Crippen LogP contribution is 1.95. The summed E-state index contributed by atoms with van der Waals surface area (Å²) < 4.78 is 0. The van der Waals surface area contributed by atoms with Gasteiger partial charge in [0.15, 0.2) is 0 Å². The van der Waals surface area contributed by atoms with Crippen molar-refractivity contribution < 1.29 is 0 Å². The topological polar surface area (TPSA) is 0 Å². The van der Waals surface area contributed by atoms with Crippen LogP contribution in [-0.4, -0.2) is 5.75 Å². The van der Waals surface area contributed by atoms with Gasteiger partial charge in [-0.05, 0) is 19.3 Å². The van der Waals surface area contributed by atoms with Gasteiger partial charge in [-0.1, -0.05) is 38.1 Å². The predicted octanol–water partition coefficient (Wildman–Crippen LogP) is 3.32. The monoisotopic (exact) mass is 143 g/mol. The van der Waals surface area contributed by atoms with E-state index in [9.17, 15) is 0 Å². The van der Waals surface area contributed by atoms with Gasteiger partial charge in [-0.25, -0.2) is 0 Å². The Morgan fingerprint density at radius 2 is 1.89 bits per heavy atom. The largest absolute Gasteiger partial charge is 0.0941 e. The van der Waals surface area contributed by atoms with Crippen LogP contribution >= 0.6 is 12.6 Å². The van der Waals surface area contributed by atoms with E-state index in [0.717, 1.165) is 12.2 Å². The van der Waals surface area contributed by atoms with Crippen molar-refractivity contribution >= 4 is 12.6 Å². The summed E-state index contributed by atoms with van der Waals surface area (Å²) in [5, 5.41) is 0. The molecule has 1 radical (unpaired) electrons. The van der Waals surface area contributed by atoms with Crippen molar-refractivity contribution in [2.75, 3.05) is 5.75 Å². The van der Waals surface area contributed by atoms with Crippen LogP contribution in [0.5, 0.6) is 0 Å². The molecule has 53 valence electrons. The van der Waals surface area contributed by atoms with E-state index < -0.39 is 0 Å². The molecule has 0 aliphatic rings. The normalized spacial score (nSPS) is 10.9. The quantitative estimate of drug-likeness (QED) is 0.409. The van der Waals surface area contributed by atoms with E-state index in [-0.39, 0.29) is 0 Å². The second kappa shape index (κ2) is 8.09. The van der Waals surface area contributed by atoms with Gasteiger partial charge in [-0.15, -0.1) is 0 Å². The molecule has 0 aliphatic carbocycles. The highest BCUT2D eigenvalue weighted by molar-refractivity contribution is 7.80. The Morgan fingerprint density at radius 3 is 2.44 bits per heavy atom. The van der Waals surface area contributed by atoms with Gasteiger partial charge in [0.1, 0.15) is 0 Å². The number of allylic oxidation sites excluding steroid dienone is 2. The van der Waals surface area contributed by atoms with Crippen molar-refractivity contribution in [3.05, 3.63) is 12.2 Å². The molecule has 0 saturated heterocycles. The van der Waals surface area contributed by atoms with Crippen molar-refractivity contribution in [1.82, 2.24) is 0 Å². The summed E-state index contributed by atoms with van der Waals surface area (Å²) in [4.78, 5) is 0. The van der Waals surface area contributed by atoms with Crippen molar-refractivity contribution in [3.63, 3.8) is 0 Å². The zero-order chi connectivity index (χ0) is 6.95. The Hall–Kier alpha value is 0.0900. The van der Waals surface area contributed by atoms with E-state index in [0.29, 0.717) is 0 Å². The van der Waals surface area contributed by atoms with Crippen LogP contribution < -0.4 is 0 Å². The molecule has 0 aromatic heterocycles. The Balaban J connectivity index is 2.86. The SMILES string of the molecule is CCCC=CCCC[S]. The lowest BCUT2D eigenvalue weighted by molar-refractivity contribution is 0.928. The van der Waals surface area contributed by atoms with Crippen LogP contribution in [0.3, 0.4) is 0 Å². The molecule has 0 amide bonds. The molecule has 0 unspecified atom stereocenters. The maximum atomic E-state index is 4.80. The first-order valence-corrected chi connectivity index (χ1v) is 4.22. The first kappa shape index (κ1) is 9.09. The van der Waals surface area contributed by atoms with Crippen LogP contribution in [0, 0.1) is 0 Å². The molecular formula is C8H15S. The molecule has 0 nitrogen and oxygen atoms in total. The Labute approximate surface area is 63.8 Å². The molecule has 0 N–H and O–H groups in total. The molecule has 0 spiro atoms. The maximum Gasteiger partial charge on any atom is 0.00398 e. The Bertz CT molecular complexity index is 67.0. The third kappa shape index (κ3) is 8.09. The predicted molar refractivity (Wildman–Crippen MR) is 45.7 cm³/mol. The lowest BCUT2D eigenvalue weighted by Crippen LogP contribution is -1.70. The van der Waals surface area contributed by atoms with Gasteiger partial charge < -0.3 is 0 Å². The third-order valence-electron chi connectivity index (χ3n) is 1.14. The summed E-state index contributed by atoms with van der Waals surface area (Å²) in [5.41, 5.74) is 0. The molecule has 0 fully saturated rings. The number of unbranched alkanes of at least 4 members (excludes halogenated alkanes) is 2. The molecule has 0 rings (SSSR count). The molecule has 0 saturated carbocycles. The highest BCUT2D eigenvalue weighted by Gasteiger charge is 1.77. The van der Waals surface area contributed by atoms with E-state index in [4.69, 9.17) is 12.6 Å². The van der Waals surface area contributed by atoms with Gasteiger partial charge in [-0.2, -0.15) is 0 Å². The van der Waals surface area contributed by atoms with Crippen LogP contribution in [0.2, 0.25) is 0 Å². The van der Waals surface area contributed by atoms with Crippen molar-refractivity contribution in [1.29, 1.82) is 0 Å². The van der Waals surface area contributed by atoms with E-state index in [1.54, 1.807) is 0 Å². The number of hydrogen-bond donors (Lipinski definition) is 0. The zero-order valence-electron chi connectivity index (χ0n) is 6.10. The molecular weight excluding hydrogens is 128 g/mol. The van der Waals surface area contributed by atoms with E-state index >= 15 is 0 Å². The second-order valence-electron chi connectivity index (χ2n) is 2.11. The van der Waals surface area contributed by atoms with Crippen LogP contribution in [0.4, 0.5) is 0 Å². The van der Waals surface area contributed by atoms with Gasteiger partial charge in [0, 0.05) is 5.75 Å². The fourth-order valence-corrected chi connectivity index (χ4v) is 0.770. The Morgan fingerprint density at radius 1 is 1.22 bits per heavy atom. The van der Waals surface area contributed by atoms with Gasteiger partial charge in [0.2, 0.25) is 0 Å². The number of rotatable bonds is 5. The first-order chi connectivity index (χ1) is 4.41. The highest BCUT2D eigenvalue weighted by atomic mass is 32.1. The average molecular weight is 143 g/mol. The lowest BCUT2D eigenvalue weighted by Gasteiger charge is -1.86. The van der Waals surface area contributed by atoms with E-state index in [2.05, 4.69) is 19.1 Å². The van der Waals surface area contributed by atoms with Crippen molar-refractivity contribution in [3.8, 4) is 0 Å². The summed E-state index contributed by atoms with van der Waals surface area (Å²) in [7, 11) is 0. The van der Waals surface area contributed by atoms with Crippen LogP contribution in [0.15, 0.2) is 12.2 Å². The van der Waals surface area contributed by atoms with Gasteiger partial charge >= 0.3 is 0 Å². The van der Waals surface area contributed by atoms with Gasteiger partial charge in [-0.3, -0.25) is 0 Å². The minimum Gasteiger partial charge on any atom is -0.0941 e. The lowest BCUT2D eigenvalue weighted by atomic mass is 10.2. The second-order valence-corrected chi connectivity index (χ2v) is 2.51. The third-order valence-corrected chi connectivity index (χ3v) is 1.43. The van der Waals surface area contributed by atoms with Crippen LogP contribution in [-0.2, 0) is 0 Å².